The van der Waals surface area contributed by atoms with Crippen molar-refractivity contribution in [1.82, 2.24) is 15.5 Å². The molecule has 0 saturated carbocycles. The Labute approximate surface area is 85.1 Å². The molecule has 1 heterocycles. The number of hydrogen-bond donors (Lipinski definition) is 1. The average molecular weight is 197 g/mol. The van der Waals surface area contributed by atoms with Crippen molar-refractivity contribution in [3.8, 4) is 0 Å². The summed E-state index contributed by atoms with van der Waals surface area (Å²) in [5, 5.41) is 10.9. The maximum Gasteiger partial charge on any atom is 0.230 e. The third-order valence-electron chi connectivity index (χ3n) is 2.08. The summed E-state index contributed by atoms with van der Waals surface area (Å²) in [5.41, 5.74) is 0. The summed E-state index contributed by atoms with van der Waals surface area (Å²) in [6.45, 7) is 2.86. The number of aryl methyl sites for hydroxylation is 1. The molecule has 0 aliphatic heterocycles. The lowest BCUT2D eigenvalue weighted by atomic mass is 10.1. The van der Waals surface area contributed by atoms with Crippen LogP contribution in [-0.4, -0.2) is 17.2 Å². The molecule has 0 aromatic carbocycles. The molecule has 0 unspecified atom stereocenters. The number of rotatable bonds is 7. The molecular weight excluding hydrogens is 178 g/mol. The van der Waals surface area contributed by atoms with E-state index in [1.54, 1.807) is 0 Å². The minimum absolute atomic E-state index is 0.655. The zero-order chi connectivity index (χ0) is 10.2. The predicted octanol–water partition coefficient (Wildman–Crippen LogP) is 1.91. The molecule has 0 amide bonds. The molecule has 0 saturated heterocycles. The molecule has 1 N–H and O–H groups in total. The van der Waals surface area contributed by atoms with Gasteiger partial charge < -0.3 is 9.73 Å². The molecule has 0 fully saturated rings. The topological polar surface area (TPSA) is 51.0 Å². The molecule has 0 atom stereocenters. The van der Waals surface area contributed by atoms with E-state index >= 15 is 0 Å². The molecule has 1 aromatic rings. The lowest BCUT2D eigenvalue weighted by Crippen LogP contribution is -2.04. The van der Waals surface area contributed by atoms with Crippen LogP contribution in [0.5, 0.6) is 0 Å². The highest BCUT2D eigenvalue weighted by molar-refractivity contribution is 4.81. The molecule has 0 radical (unpaired) electrons. The summed E-state index contributed by atoms with van der Waals surface area (Å²) in [5.74, 6) is 1.45. The monoisotopic (exact) mass is 197 g/mol. The van der Waals surface area contributed by atoms with E-state index in [-0.39, 0.29) is 0 Å². The second-order valence-electron chi connectivity index (χ2n) is 3.43. The standard InChI is InChI=1S/C10H19N3O/c1-3-4-5-6-7-9-12-13-10(14-9)8-11-2/h11H,3-8H2,1-2H3. The van der Waals surface area contributed by atoms with E-state index in [1.807, 2.05) is 7.05 Å². The Kier molecular flexibility index (Phi) is 5.22. The van der Waals surface area contributed by atoms with Gasteiger partial charge in [0, 0.05) is 6.42 Å². The van der Waals surface area contributed by atoms with Gasteiger partial charge in [0.15, 0.2) is 0 Å². The van der Waals surface area contributed by atoms with E-state index in [2.05, 4.69) is 22.4 Å². The lowest BCUT2D eigenvalue weighted by molar-refractivity contribution is 0.432. The van der Waals surface area contributed by atoms with Crippen molar-refractivity contribution in [2.75, 3.05) is 7.05 Å². The van der Waals surface area contributed by atoms with Crippen LogP contribution in [0.2, 0.25) is 0 Å². The molecule has 80 valence electrons. The number of unbranched alkanes of at least 4 members (excludes halogenated alkanes) is 3. The summed E-state index contributed by atoms with van der Waals surface area (Å²) < 4.78 is 5.42. The van der Waals surface area contributed by atoms with E-state index in [1.165, 1.54) is 19.3 Å². The Hall–Kier alpha value is -0.900. The Bertz CT molecular complexity index is 247. The smallest absolute Gasteiger partial charge is 0.230 e. The second kappa shape index (κ2) is 6.54. The summed E-state index contributed by atoms with van der Waals surface area (Å²) >= 11 is 0. The van der Waals surface area contributed by atoms with Crippen LogP contribution in [0.4, 0.5) is 0 Å². The van der Waals surface area contributed by atoms with Crippen molar-refractivity contribution in [2.45, 2.75) is 45.6 Å². The van der Waals surface area contributed by atoms with Crippen LogP contribution < -0.4 is 5.32 Å². The highest BCUT2D eigenvalue weighted by Crippen LogP contribution is 2.06. The average Bonchev–Trinajstić information content (AvgIpc) is 2.61. The Morgan fingerprint density at radius 1 is 1.14 bits per heavy atom. The fraction of sp³-hybridized carbons (Fsp3) is 0.800. The number of nitrogens with zero attached hydrogens (tertiary/aromatic N) is 2. The number of aromatic nitrogens is 2. The lowest BCUT2D eigenvalue weighted by Gasteiger charge is -1.94. The van der Waals surface area contributed by atoms with Crippen molar-refractivity contribution in [1.29, 1.82) is 0 Å². The SMILES string of the molecule is CCCCCCc1nnc(CNC)o1. The normalized spacial score (nSPS) is 10.7. The third kappa shape index (κ3) is 3.87. The highest BCUT2D eigenvalue weighted by atomic mass is 16.4. The highest BCUT2D eigenvalue weighted by Gasteiger charge is 2.03. The summed E-state index contributed by atoms with van der Waals surface area (Å²) in [4.78, 5) is 0. The predicted molar refractivity (Wildman–Crippen MR) is 54.9 cm³/mol. The van der Waals surface area contributed by atoms with Gasteiger partial charge in [-0.25, -0.2) is 0 Å². The van der Waals surface area contributed by atoms with Crippen molar-refractivity contribution in [3.05, 3.63) is 11.8 Å². The van der Waals surface area contributed by atoms with Gasteiger partial charge in [0.1, 0.15) is 0 Å². The van der Waals surface area contributed by atoms with Gasteiger partial charge in [0.2, 0.25) is 11.8 Å². The molecule has 0 aliphatic rings. The number of nitrogens with one attached hydrogen (secondary N) is 1. The van der Waals surface area contributed by atoms with E-state index in [4.69, 9.17) is 4.42 Å². The Morgan fingerprint density at radius 2 is 1.93 bits per heavy atom. The van der Waals surface area contributed by atoms with Crippen LogP contribution in [0.3, 0.4) is 0 Å². The van der Waals surface area contributed by atoms with Crippen molar-refractivity contribution in [2.24, 2.45) is 0 Å². The van der Waals surface area contributed by atoms with E-state index < -0.39 is 0 Å². The Morgan fingerprint density at radius 3 is 2.64 bits per heavy atom. The maximum atomic E-state index is 5.42. The zero-order valence-electron chi connectivity index (χ0n) is 9.05. The second-order valence-corrected chi connectivity index (χ2v) is 3.43. The van der Waals surface area contributed by atoms with Gasteiger partial charge in [-0.2, -0.15) is 0 Å². The molecule has 0 spiro atoms. The minimum atomic E-state index is 0.655. The van der Waals surface area contributed by atoms with Gasteiger partial charge in [-0.3, -0.25) is 0 Å². The van der Waals surface area contributed by atoms with Gasteiger partial charge in [0.25, 0.3) is 0 Å². The molecule has 4 nitrogen and oxygen atoms in total. The fourth-order valence-electron chi connectivity index (χ4n) is 1.32. The first kappa shape index (κ1) is 11.2. The molecule has 14 heavy (non-hydrogen) atoms. The third-order valence-corrected chi connectivity index (χ3v) is 2.08. The molecular formula is C10H19N3O. The molecule has 0 aliphatic carbocycles. The van der Waals surface area contributed by atoms with Crippen molar-refractivity contribution < 1.29 is 4.42 Å². The quantitative estimate of drug-likeness (QED) is 0.678. The van der Waals surface area contributed by atoms with Crippen molar-refractivity contribution in [3.63, 3.8) is 0 Å². The van der Waals surface area contributed by atoms with Crippen LogP contribution in [0, 0.1) is 0 Å². The summed E-state index contributed by atoms with van der Waals surface area (Å²) in [6, 6.07) is 0. The van der Waals surface area contributed by atoms with Crippen LogP contribution in [0.1, 0.15) is 44.4 Å². The summed E-state index contributed by atoms with van der Waals surface area (Å²) in [7, 11) is 1.87. The molecule has 0 bridgehead atoms. The summed E-state index contributed by atoms with van der Waals surface area (Å²) in [6.07, 6.45) is 5.86. The van der Waals surface area contributed by atoms with Gasteiger partial charge >= 0.3 is 0 Å². The first-order chi connectivity index (χ1) is 6.86. The van der Waals surface area contributed by atoms with Gasteiger partial charge in [0.05, 0.1) is 6.54 Å². The minimum Gasteiger partial charge on any atom is -0.424 e. The maximum absolute atomic E-state index is 5.42. The van der Waals surface area contributed by atoms with E-state index in [0.717, 1.165) is 18.7 Å². The van der Waals surface area contributed by atoms with E-state index in [0.29, 0.717) is 12.4 Å². The molecule has 1 rings (SSSR count). The van der Waals surface area contributed by atoms with Gasteiger partial charge in [-0.05, 0) is 13.5 Å². The van der Waals surface area contributed by atoms with Crippen LogP contribution in [-0.2, 0) is 13.0 Å². The first-order valence-corrected chi connectivity index (χ1v) is 5.32. The first-order valence-electron chi connectivity index (χ1n) is 5.32. The Balaban J connectivity index is 2.22. The number of hydrogen-bond acceptors (Lipinski definition) is 4. The molecule has 1 aromatic heterocycles. The molecule has 4 heteroatoms. The van der Waals surface area contributed by atoms with Gasteiger partial charge in [-0.1, -0.05) is 26.2 Å². The fourth-order valence-corrected chi connectivity index (χ4v) is 1.32. The largest absolute Gasteiger partial charge is 0.424 e. The van der Waals surface area contributed by atoms with Crippen molar-refractivity contribution >= 4 is 0 Å². The van der Waals surface area contributed by atoms with Crippen LogP contribution >= 0.6 is 0 Å². The van der Waals surface area contributed by atoms with Gasteiger partial charge in [-0.15, -0.1) is 10.2 Å². The van der Waals surface area contributed by atoms with Crippen LogP contribution in [0.25, 0.3) is 0 Å². The zero-order valence-corrected chi connectivity index (χ0v) is 9.05. The van der Waals surface area contributed by atoms with E-state index in [9.17, 15) is 0 Å². The van der Waals surface area contributed by atoms with Crippen LogP contribution in [0.15, 0.2) is 4.42 Å².